The van der Waals surface area contributed by atoms with E-state index in [1.54, 1.807) is 0 Å². The van der Waals surface area contributed by atoms with Crippen LogP contribution in [0, 0.1) is 0 Å². The van der Waals surface area contributed by atoms with Crippen molar-refractivity contribution in [3.05, 3.63) is 34.9 Å². The summed E-state index contributed by atoms with van der Waals surface area (Å²) in [6, 6.07) is 8.12. The maximum Gasteiger partial charge on any atom is 0.0409 e. The highest BCUT2D eigenvalue weighted by atomic mass is 35.5. The minimum Gasteiger partial charge on any atom is -0.317 e. The van der Waals surface area contributed by atoms with Crippen LogP contribution in [0.1, 0.15) is 31.7 Å². The van der Waals surface area contributed by atoms with Gasteiger partial charge in [-0.25, -0.2) is 0 Å². The van der Waals surface area contributed by atoms with E-state index in [4.69, 9.17) is 11.6 Å². The van der Waals surface area contributed by atoms with Crippen LogP contribution in [0.25, 0.3) is 0 Å². The van der Waals surface area contributed by atoms with Gasteiger partial charge in [0.05, 0.1) is 0 Å². The molecule has 0 aromatic heterocycles. The van der Waals surface area contributed by atoms with E-state index in [-0.39, 0.29) is 0 Å². The average Bonchev–Trinajstić information content (AvgIpc) is 2.33. The van der Waals surface area contributed by atoms with E-state index < -0.39 is 0 Å². The van der Waals surface area contributed by atoms with Gasteiger partial charge in [0.25, 0.3) is 0 Å². The fourth-order valence-electron chi connectivity index (χ4n) is 2.01. The minimum absolute atomic E-state index is 0.825. The first-order valence-electron chi connectivity index (χ1n) is 6.86. The second-order valence-corrected chi connectivity index (χ2v) is 5.22. The first kappa shape index (κ1) is 15.5. The van der Waals surface area contributed by atoms with E-state index in [0.717, 1.165) is 31.2 Å². The first-order valence-corrected chi connectivity index (χ1v) is 7.24. The van der Waals surface area contributed by atoms with E-state index >= 15 is 0 Å². The largest absolute Gasteiger partial charge is 0.317 e. The smallest absolute Gasteiger partial charge is 0.0409 e. The quantitative estimate of drug-likeness (QED) is 0.689. The maximum atomic E-state index is 5.98. The van der Waals surface area contributed by atoms with Crippen LogP contribution in [0.2, 0.25) is 5.02 Å². The fourth-order valence-corrected chi connectivity index (χ4v) is 2.22. The highest BCUT2D eigenvalue weighted by Gasteiger charge is 2.00. The molecule has 0 fully saturated rings. The molecule has 2 nitrogen and oxygen atoms in total. The number of halogens is 1. The molecular formula is C15H25ClN2. The Hall–Kier alpha value is -0.570. The molecule has 0 aliphatic rings. The first-order chi connectivity index (χ1) is 8.72. The summed E-state index contributed by atoms with van der Waals surface area (Å²) >= 11 is 5.98. The SMILES string of the molecule is CCNCCCCCN(C)Cc1cccc(Cl)c1. The summed E-state index contributed by atoms with van der Waals surface area (Å²) in [6.45, 7) is 6.51. The highest BCUT2D eigenvalue weighted by molar-refractivity contribution is 6.30. The minimum atomic E-state index is 0.825. The molecule has 0 radical (unpaired) electrons. The molecule has 0 aliphatic carbocycles. The van der Waals surface area contributed by atoms with Gasteiger partial charge in [-0.3, -0.25) is 0 Å². The van der Waals surface area contributed by atoms with Gasteiger partial charge in [-0.1, -0.05) is 37.1 Å². The number of benzene rings is 1. The van der Waals surface area contributed by atoms with E-state index in [1.807, 2.05) is 18.2 Å². The van der Waals surface area contributed by atoms with Gasteiger partial charge < -0.3 is 10.2 Å². The molecule has 0 atom stereocenters. The summed E-state index contributed by atoms with van der Waals surface area (Å²) in [6.07, 6.45) is 3.84. The van der Waals surface area contributed by atoms with Crippen molar-refractivity contribution in [2.45, 2.75) is 32.7 Å². The number of rotatable bonds is 9. The molecule has 1 aromatic carbocycles. The molecule has 0 amide bonds. The van der Waals surface area contributed by atoms with Crippen molar-refractivity contribution in [3.63, 3.8) is 0 Å². The molecule has 0 aliphatic heterocycles. The summed E-state index contributed by atoms with van der Waals surface area (Å²) < 4.78 is 0. The van der Waals surface area contributed by atoms with Gasteiger partial charge >= 0.3 is 0 Å². The van der Waals surface area contributed by atoms with Crippen LogP contribution in [0.4, 0.5) is 0 Å². The van der Waals surface area contributed by atoms with Crippen molar-refractivity contribution in [1.82, 2.24) is 10.2 Å². The Morgan fingerprint density at radius 2 is 2.06 bits per heavy atom. The third-order valence-electron chi connectivity index (χ3n) is 2.98. The number of nitrogens with zero attached hydrogens (tertiary/aromatic N) is 1. The molecule has 3 heteroatoms. The number of hydrogen-bond acceptors (Lipinski definition) is 2. The van der Waals surface area contributed by atoms with Crippen LogP contribution < -0.4 is 5.32 Å². The standard InChI is InChI=1S/C15H25ClN2/c1-3-17-10-5-4-6-11-18(2)13-14-8-7-9-15(16)12-14/h7-9,12,17H,3-6,10-11,13H2,1-2H3. The molecule has 0 saturated carbocycles. The fraction of sp³-hybridized carbons (Fsp3) is 0.600. The Balaban J connectivity index is 2.12. The number of hydrogen-bond donors (Lipinski definition) is 1. The zero-order valence-corrected chi connectivity index (χ0v) is 12.3. The van der Waals surface area contributed by atoms with E-state index in [2.05, 4.69) is 30.3 Å². The van der Waals surface area contributed by atoms with Gasteiger partial charge in [0.1, 0.15) is 0 Å². The predicted molar refractivity (Wildman–Crippen MR) is 80.2 cm³/mol. The van der Waals surface area contributed by atoms with Gasteiger partial charge in [-0.15, -0.1) is 0 Å². The summed E-state index contributed by atoms with van der Waals surface area (Å²) in [5, 5.41) is 4.18. The number of unbranched alkanes of at least 4 members (excludes halogenated alkanes) is 2. The average molecular weight is 269 g/mol. The van der Waals surface area contributed by atoms with Gasteiger partial charge in [-0.2, -0.15) is 0 Å². The van der Waals surface area contributed by atoms with Crippen LogP contribution in [0.15, 0.2) is 24.3 Å². The van der Waals surface area contributed by atoms with Crippen molar-refractivity contribution in [2.24, 2.45) is 0 Å². The lowest BCUT2D eigenvalue weighted by molar-refractivity contribution is 0.317. The molecule has 0 bridgehead atoms. The molecule has 102 valence electrons. The lowest BCUT2D eigenvalue weighted by Gasteiger charge is -2.16. The Morgan fingerprint density at radius 3 is 2.78 bits per heavy atom. The predicted octanol–water partition coefficient (Wildman–Crippen LogP) is 3.55. The van der Waals surface area contributed by atoms with Crippen LogP contribution in [-0.4, -0.2) is 31.6 Å². The zero-order chi connectivity index (χ0) is 13.2. The Morgan fingerprint density at radius 1 is 1.22 bits per heavy atom. The Labute approximate surface area is 116 Å². The third-order valence-corrected chi connectivity index (χ3v) is 3.22. The van der Waals surface area contributed by atoms with Crippen molar-refractivity contribution in [1.29, 1.82) is 0 Å². The van der Waals surface area contributed by atoms with E-state index in [9.17, 15) is 0 Å². The van der Waals surface area contributed by atoms with Crippen molar-refractivity contribution >= 4 is 11.6 Å². The number of nitrogens with one attached hydrogen (secondary N) is 1. The van der Waals surface area contributed by atoms with Crippen LogP contribution >= 0.6 is 11.6 Å². The molecule has 1 N–H and O–H groups in total. The summed E-state index contributed by atoms with van der Waals surface area (Å²) in [7, 11) is 2.17. The lowest BCUT2D eigenvalue weighted by Crippen LogP contribution is -2.19. The lowest BCUT2D eigenvalue weighted by atomic mass is 10.2. The van der Waals surface area contributed by atoms with Gasteiger partial charge in [0, 0.05) is 11.6 Å². The van der Waals surface area contributed by atoms with E-state index in [0.29, 0.717) is 0 Å². The van der Waals surface area contributed by atoms with Crippen LogP contribution in [-0.2, 0) is 6.54 Å². The molecule has 0 unspecified atom stereocenters. The Kier molecular flexibility index (Phi) is 8.06. The highest BCUT2D eigenvalue weighted by Crippen LogP contribution is 2.12. The molecule has 0 saturated heterocycles. The molecule has 1 aromatic rings. The van der Waals surface area contributed by atoms with Crippen molar-refractivity contribution in [3.8, 4) is 0 Å². The van der Waals surface area contributed by atoms with Crippen LogP contribution in [0.5, 0.6) is 0 Å². The summed E-state index contributed by atoms with van der Waals surface area (Å²) in [5.41, 5.74) is 1.29. The van der Waals surface area contributed by atoms with Gasteiger partial charge in [-0.05, 0) is 57.2 Å². The second-order valence-electron chi connectivity index (χ2n) is 4.78. The molecular weight excluding hydrogens is 244 g/mol. The van der Waals surface area contributed by atoms with Gasteiger partial charge in [0.15, 0.2) is 0 Å². The van der Waals surface area contributed by atoms with Crippen molar-refractivity contribution < 1.29 is 0 Å². The molecule has 0 spiro atoms. The summed E-state index contributed by atoms with van der Waals surface area (Å²) in [4.78, 5) is 2.36. The van der Waals surface area contributed by atoms with Crippen molar-refractivity contribution in [2.75, 3.05) is 26.7 Å². The molecule has 0 heterocycles. The van der Waals surface area contributed by atoms with Crippen LogP contribution in [0.3, 0.4) is 0 Å². The topological polar surface area (TPSA) is 15.3 Å². The summed E-state index contributed by atoms with van der Waals surface area (Å²) in [5.74, 6) is 0. The normalized spacial score (nSPS) is 11.1. The zero-order valence-electron chi connectivity index (χ0n) is 11.6. The second kappa shape index (κ2) is 9.37. The van der Waals surface area contributed by atoms with E-state index in [1.165, 1.54) is 24.8 Å². The molecule has 18 heavy (non-hydrogen) atoms. The Bertz CT molecular complexity index is 328. The third kappa shape index (κ3) is 7.00. The molecule has 1 rings (SSSR count). The monoisotopic (exact) mass is 268 g/mol. The van der Waals surface area contributed by atoms with Gasteiger partial charge in [0.2, 0.25) is 0 Å². The maximum absolute atomic E-state index is 5.98.